The van der Waals surface area contributed by atoms with E-state index >= 15 is 0 Å². The molecule has 14 heavy (non-hydrogen) atoms. The van der Waals surface area contributed by atoms with E-state index in [-0.39, 0.29) is 5.57 Å². The molecule has 1 aromatic rings. The monoisotopic (exact) mass is 196 g/mol. The summed E-state index contributed by atoms with van der Waals surface area (Å²) in [7, 11) is 1.42. The first-order valence-corrected chi connectivity index (χ1v) is 4.09. The number of nitrogens with zero attached hydrogens (tertiary/aromatic N) is 1. The predicted octanol–water partition coefficient (Wildman–Crippen LogP) is 0.876. The standard InChI is InChI=1S/C9H12N2O3/c1-6-7(4-10-11-6)3-8(5-14-2)9(12)13/h4-5H,3H2,1-2H3,(H,10,11)(H,12,13). The highest BCUT2D eigenvalue weighted by Gasteiger charge is 2.11. The van der Waals surface area contributed by atoms with Crippen LogP contribution < -0.4 is 0 Å². The molecule has 0 radical (unpaired) electrons. The van der Waals surface area contributed by atoms with Crippen LogP contribution in [-0.4, -0.2) is 28.4 Å². The molecule has 1 heterocycles. The number of carbonyl (C=O) groups is 1. The molecule has 0 aliphatic carbocycles. The Balaban J connectivity index is 2.80. The van der Waals surface area contributed by atoms with Gasteiger partial charge in [-0.3, -0.25) is 5.10 Å². The van der Waals surface area contributed by atoms with Crippen molar-refractivity contribution in [2.75, 3.05) is 7.11 Å². The Morgan fingerprint density at radius 3 is 2.93 bits per heavy atom. The molecule has 0 spiro atoms. The number of H-pyrrole nitrogens is 1. The molecular weight excluding hydrogens is 184 g/mol. The zero-order chi connectivity index (χ0) is 10.6. The van der Waals surface area contributed by atoms with Crippen molar-refractivity contribution in [1.82, 2.24) is 10.2 Å². The van der Waals surface area contributed by atoms with E-state index in [0.29, 0.717) is 6.42 Å². The van der Waals surface area contributed by atoms with Gasteiger partial charge in [-0.25, -0.2) is 4.79 Å². The smallest absolute Gasteiger partial charge is 0.335 e. The van der Waals surface area contributed by atoms with E-state index in [9.17, 15) is 4.79 Å². The number of aromatic nitrogens is 2. The van der Waals surface area contributed by atoms with Crippen LogP contribution in [0.15, 0.2) is 18.0 Å². The minimum atomic E-state index is -0.979. The van der Waals surface area contributed by atoms with Crippen LogP contribution in [-0.2, 0) is 16.0 Å². The lowest BCUT2D eigenvalue weighted by molar-refractivity contribution is -0.132. The van der Waals surface area contributed by atoms with Crippen molar-refractivity contribution < 1.29 is 14.6 Å². The van der Waals surface area contributed by atoms with Gasteiger partial charge in [0, 0.05) is 12.1 Å². The first-order valence-electron chi connectivity index (χ1n) is 4.09. The summed E-state index contributed by atoms with van der Waals surface area (Å²) in [5.41, 5.74) is 1.93. The first-order chi connectivity index (χ1) is 6.65. The second-order valence-corrected chi connectivity index (χ2v) is 2.88. The third-order valence-electron chi connectivity index (χ3n) is 1.85. The Kier molecular flexibility index (Phi) is 3.28. The summed E-state index contributed by atoms with van der Waals surface area (Å²) in [6.07, 6.45) is 3.15. The molecule has 0 bridgehead atoms. The summed E-state index contributed by atoms with van der Waals surface area (Å²) >= 11 is 0. The van der Waals surface area contributed by atoms with Gasteiger partial charge in [-0.1, -0.05) is 0 Å². The van der Waals surface area contributed by atoms with Crippen LogP contribution in [0.5, 0.6) is 0 Å². The predicted molar refractivity (Wildman–Crippen MR) is 49.8 cm³/mol. The van der Waals surface area contributed by atoms with Gasteiger partial charge in [0.05, 0.1) is 25.1 Å². The van der Waals surface area contributed by atoms with Gasteiger partial charge in [0.2, 0.25) is 0 Å². The quantitative estimate of drug-likeness (QED) is 0.553. The molecule has 1 aromatic heterocycles. The average Bonchev–Trinajstić information content (AvgIpc) is 2.51. The van der Waals surface area contributed by atoms with Crippen molar-refractivity contribution in [3.05, 3.63) is 29.3 Å². The number of aliphatic carboxylic acids is 1. The van der Waals surface area contributed by atoms with Gasteiger partial charge < -0.3 is 9.84 Å². The molecule has 0 aromatic carbocycles. The summed E-state index contributed by atoms with van der Waals surface area (Å²) in [6, 6.07) is 0. The fraction of sp³-hybridized carbons (Fsp3) is 0.333. The van der Waals surface area contributed by atoms with Crippen molar-refractivity contribution in [3.8, 4) is 0 Å². The Hall–Kier alpha value is -1.78. The lowest BCUT2D eigenvalue weighted by Crippen LogP contribution is -2.04. The van der Waals surface area contributed by atoms with Gasteiger partial charge in [0.25, 0.3) is 0 Å². The van der Waals surface area contributed by atoms with Crippen LogP contribution in [0.2, 0.25) is 0 Å². The third-order valence-corrected chi connectivity index (χ3v) is 1.85. The van der Waals surface area contributed by atoms with Gasteiger partial charge in [0.1, 0.15) is 0 Å². The molecule has 0 amide bonds. The van der Waals surface area contributed by atoms with E-state index in [1.165, 1.54) is 13.4 Å². The Bertz CT molecular complexity index is 355. The summed E-state index contributed by atoms with van der Waals surface area (Å²) in [5.74, 6) is -0.979. The van der Waals surface area contributed by atoms with Gasteiger partial charge in [-0.05, 0) is 12.5 Å². The van der Waals surface area contributed by atoms with Crippen LogP contribution in [0.1, 0.15) is 11.3 Å². The lowest BCUT2D eigenvalue weighted by atomic mass is 10.1. The van der Waals surface area contributed by atoms with E-state index in [1.54, 1.807) is 6.20 Å². The zero-order valence-electron chi connectivity index (χ0n) is 8.07. The van der Waals surface area contributed by atoms with E-state index in [1.807, 2.05) is 6.92 Å². The van der Waals surface area contributed by atoms with Gasteiger partial charge in [0.15, 0.2) is 0 Å². The number of hydrogen-bond acceptors (Lipinski definition) is 3. The van der Waals surface area contributed by atoms with Crippen LogP contribution in [0.3, 0.4) is 0 Å². The van der Waals surface area contributed by atoms with Crippen molar-refractivity contribution in [2.45, 2.75) is 13.3 Å². The molecule has 0 saturated heterocycles. The van der Waals surface area contributed by atoms with Crippen LogP contribution >= 0.6 is 0 Å². The number of hydrogen-bond donors (Lipinski definition) is 2. The number of aryl methyl sites for hydroxylation is 1. The molecule has 76 valence electrons. The Morgan fingerprint density at radius 1 is 1.79 bits per heavy atom. The number of rotatable bonds is 4. The SMILES string of the molecule is COC=C(Cc1cn[nH]c1C)C(=O)O. The molecule has 0 aliphatic rings. The fourth-order valence-electron chi connectivity index (χ4n) is 1.07. The van der Waals surface area contributed by atoms with Crippen molar-refractivity contribution in [2.24, 2.45) is 0 Å². The third kappa shape index (κ3) is 2.35. The van der Waals surface area contributed by atoms with E-state index < -0.39 is 5.97 Å². The van der Waals surface area contributed by atoms with E-state index in [2.05, 4.69) is 14.9 Å². The minimum Gasteiger partial charge on any atom is -0.504 e. The van der Waals surface area contributed by atoms with Crippen LogP contribution in [0, 0.1) is 6.92 Å². The number of carboxylic acid groups (broad SMARTS) is 1. The molecule has 5 nitrogen and oxygen atoms in total. The topological polar surface area (TPSA) is 75.2 Å². The molecule has 0 fully saturated rings. The van der Waals surface area contributed by atoms with Gasteiger partial charge >= 0.3 is 5.97 Å². The second kappa shape index (κ2) is 4.45. The lowest BCUT2D eigenvalue weighted by Gasteiger charge is -2.00. The van der Waals surface area contributed by atoms with Crippen LogP contribution in [0.25, 0.3) is 0 Å². The Labute approximate surface area is 81.4 Å². The minimum absolute atomic E-state index is 0.206. The average molecular weight is 196 g/mol. The van der Waals surface area contributed by atoms with E-state index in [4.69, 9.17) is 5.11 Å². The zero-order valence-corrected chi connectivity index (χ0v) is 8.07. The summed E-state index contributed by atoms with van der Waals surface area (Å²) in [5, 5.41) is 15.4. The maximum absolute atomic E-state index is 10.7. The van der Waals surface area contributed by atoms with Gasteiger partial charge in [-0.2, -0.15) is 5.10 Å². The molecule has 5 heteroatoms. The maximum atomic E-state index is 10.7. The molecule has 2 N–H and O–H groups in total. The maximum Gasteiger partial charge on any atom is 0.335 e. The number of carboxylic acids is 1. The van der Waals surface area contributed by atoms with Crippen molar-refractivity contribution in [1.29, 1.82) is 0 Å². The normalized spacial score (nSPS) is 11.4. The molecule has 0 unspecified atom stereocenters. The molecule has 0 aliphatic heterocycles. The molecule has 0 atom stereocenters. The summed E-state index contributed by atoms with van der Waals surface area (Å²) < 4.78 is 4.68. The molecule has 1 rings (SSSR count). The highest BCUT2D eigenvalue weighted by Crippen LogP contribution is 2.10. The molecule has 0 saturated carbocycles. The number of aromatic amines is 1. The van der Waals surface area contributed by atoms with Crippen molar-refractivity contribution >= 4 is 5.97 Å². The molecular formula is C9H12N2O3. The van der Waals surface area contributed by atoms with E-state index in [0.717, 1.165) is 11.3 Å². The second-order valence-electron chi connectivity index (χ2n) is 2.88. The fourth-order valence-corrected chi connectivity index (χ4v) is 1.07. The Morgan fingerprint density at radius 2 is 2.50 bits per heavy atom. The summed E-state index contributed by atoms with van der Waals surface area (Å²) in [4.78, 5) is 10.7. The number of methoxy groups -OCH3 is 1. The first kappa shape index (κ1) is 10.3. The largest absolute Gasteiger partial charge is 0.504 e. The highest BCUT2D eigenvalue weighted by molar-refractivity contribution is 5.86. The summed E-state index contributed by atoms with van der Waals surface area (Å²) in [6.45, 7) is 1.84. The van der Waals surface area contributed by atoms with Crippen molar-refractivity contribution in [3.63, 3.8) is 0 Å². The number of nitrogens with one attached hydrogen (secondary N) is 1. The van der Waals surface area contributed by atoms with Gasteiger partial charge in [-0.15, -0.1) is 0 Å². The van der Waals surface area contributed by atoms with Crippen LogP contribution in [0.4, 0.5) is 0 Å². The number of ether oxygens (including phenoxy) is 1. The highest BCUT2D eigenvalue weighted by atomic mass is 16.5.